The van der Waals surface area contributed by atoms with Crippen LogP contribution in [0, 0.1) is 12.7 Å². The molecule has 2 aromatic carbocycles. The first-order chi connectivity index (χ1) is 12.0. The quantitative estimate of drug-likeness (QED) is 0.775. The Morgan fingerprint density at radius 1 is 1.32 bits per heavy atom. The normalized spacial score (nSPS) is 10.8. The van der Waals surface area contributed by atoms with Crippen LogP contribution in [0.5, 0.6) is 0 Å². The molecule has 3 rings (SSSR count). The van der Waals surface area contributed by atoms with E-state index in [1.54, 1.807) is 12.1 Å². The van der Waals surface area contributed by atoms with E-state index in [0.717, 1.165) is 5.56 Å². The van der Waals surface area contributed by atoms with Crippen LogP contribution in [-0.2, 0) is 11.3 Å². The lowest BCUT2D eigenvalue weighted by molar-refractivity contribution is -0.116. The van der Waals surface area contributed by atoms with Gasteiger partial charge in [0.25, 0.3) is 5.56 Å². The fraction of sp³-hybridized carbons (Fsp3) is 0.167. The summed E-state index contributed by atoms with van der Waals surface area (Å²) in [6.45, 7) is 2.02. The molecule has 0 bridgehead atoms. The topological polar surface area (TPSA) is 64.0 Å². The number of nitrogens with zero attached hydrogens (tertiary/aromatic N) is 2. The molecule has 0 radical (unpaired) electrons. The summed E-state index contributed by atoms with van der Waals surface area (Å²) in [6.07, 6.45) is 1.43. The largest absolute Gasteiger partial charge is 0.323 e. The minimum absolute atomic E-state index is 0.00482. The zero-order valence-electron chi connectivity index (χ0n) is 13.4. The van der Waals surface area contributed by atoms with E-state index in [9.17, 15) is 14.0 Å². The van der Waals surface area contributed by atoms with Gasteiger partial charge < -0.3 is 5.32 Å². The number of nitrogens with one attached hydrogen (secondary N) is 1. The molecule has 0 spiro atoms. The highest BCUT2D eigenvalue weighted by atomic mass is 35.5. The predicted octanol–water partition coefficient (Wildman–Crippen LogP) is 3.53. The second kappa shape index (κ2) is 7.03. The van der Waals surface area contributed by atoms with Crippen molar-refractivity contribution in [2.75, 3.05) is 5.32 Å². The van der Waals surface area contributed by atoms with Crippen molar-refractivity contribution in [3.05, 3.63) is 69.5 Å². The van der Waals surface area contributed by atoms with Crippen LogP contribution >= 0.6 is 11.6 Å². The van der Waals surface area contributed by atoms with Crippen LogP contribution in [0.3, 0.4) is 0 Å². The highest BCUT2D eigenvalue weighted by molar-refractivity contribution is 6.30. The van der Waals surface area contributed by atoms with Gasteiger partial charge in [0.1, 0.15) is 5.82 Å². The lowest BCUT2D eigenvalue weighted by Gasteiger charge is -2.09. The lowest BCUT2D eigenvalue weighted by Crippen LogP contribution is -2.24. The molecule has 128 valence electrons. The van der Waals surface area contributed by atoms with E-state index in [1.807, 2.05) is 13.0 Å². The van der Waals surface area contributed by atoms with Gasteiger partial charge in [-0.2, -0.15) is 0 Å². The lowest BCUT2D eigenvalue weighted by atomic mass is 10.1. The monoisotopic (exact) mass is 359 g/mol. The Labute approximate surface area is 148 Å². The van der Waals surface area contributed by atoms with Gasteiger partial charge in [-0.15, -0.1) is 0 Å². The Morgan fingerprint density at radius 3 is 2.92 bits per heavy atom. The smallest absolute Gasteiger partial charge is 0.261 e. The van der Waals surface area contributed by atoms with E-state index in [-0.39, 0.29) is 24.2 Å². The average molecular weight is 360 g/mol. The minimum atomic E-state index is -0.572. The van der Waals surface area contributed by atoms with Crippen LogP contribution in [0.4, 0.5) is 10.1 Å². The molecular weight excluding hydrogens is 345 g/mol. The summed E-state index contributed by atoms with van der Waals surface area (Å²) in [5.74, 6) is -0.991. The van der Waals surface area contributed by atoms with Crippen molar-refractivity contribution in [3.8, 4) is 0 Å². The molecule has 1 amide bonds. The summed E-state index contributed by atoms with van der Waals surface area (Å²) in [4.78, 5) is 28.8. The zero-order valence-corrected chi connectivity index (χ0v) is 14.2. The maximum atomic E-state index is 13.6. The minimum Gasteiger partial charge on any atom is -0.323 e. The Bertz CT molecular complexity index is 1020. The Hall–Kier alpha value is -2.73. The number of hydrogen-bond acceptors (Lipinski definition) is 3. The molecule has 7 heteroatoms. The Morgan fingerprint density at radius 2 is 2.12 bits per heavy atom. The first-order valence-corrected chi connectivity index (χ1v) is 8.03. The molecule has 0 fully saturated rings. The summed E-state index contributed by atoms with van der Waals surface area (Å²) in [7, 11) is 0. The van der Waals surface area contributed by atoms with Crippen LogP contribution in [0.15, 0.2) is 47.5 Å². The third-order valence-corrected chi connectivity index (χ3v) is 4.07. The van der Waals surface area contributed by atoms with Gasteiger partial charge in [0.2, 0.25) is 5.91 Å². The molecule has 25 heavy (non-hydrogen) atoms. The molecule has 0 atom stereocenters. The third kappa shape index (κ3) is 3.69. The molecule has 5 nitrogen and oxygen atoms in total. The van der Waals surface area contributed by atoms with Crippen molar-refractivity contribution >= 4 is 34.1 Å². The fourth-order valence-electron chi connectivity index (χ4n) is 2.52. The summed E-state index contributed by atoms with van der Waals surface area (Å²) >= 11 is 5.79. The van der Waals surface area contributed by atoms with Crippen LogP contribution in [0.1, 0.15) is 12.0 Å². The first-order valence-electron chi connectivity index (χ1n) is 7.65. The van der Waals surface area contributed by atoms with E-state index >= 15 is 0 Å². The van der Waals surface area contributed by atoms with Crippen molar-refractivity contribution in [3.63, 3.8) is 0 Å². The SMILES string of the molecule is Cc1cccc2c(=O)n(CCC(=O)Nc3cc(Cl)ccc3F)cnc12. The number of para-hydroxylation sites is 1. The highest BCUT2D eigenvalue weighted by Crippen LogP contribution is 2.19. The van der Waals surface area contributed by atoms with E-state index in [1.165, 1.54) is 29.1 Å². The second-order valence-electron chi connectivity index (χ2n) is 5.64. The van der Waals surface area contributed by atoms with Gasteiger partial charge in [0.05, 0.1) is 22.9 Å². The summed E-state index contributed by atoms with van der Waals surface area (Å²) in [5, 5.41) is 3.28. The molecule has 0 aliphatic rings. The predicted molar refractivity (Wildman–Crippen MR) is 95.4 cm³/mol. The molecule has 0 aliphatic carbocycles. The first kappa shape index (κ1) is 17.1. The highest BCUT2D eigenvalue weighted by Gasteiger charge is 2.10. The molecule has 0 aliphatic heterocycles. The van der Waals surface area contributed by atoms with Gasteiger partial charge in [-0.1, -0.05) is 23.7 Å². The molecule has 0 unspecified atom stereocenters. The molecule has 0 saturated carbocycles. The molecule has 1 N–H and O–H groups in total. The van der Waals surface area contributed by atoms with Crippen molar-refractivity contribution in [1.82, 2.24) is 9.55 Å². The Balaban J connectivity index is 1.74. The number of fused-ring (bicyclic) bond motifs is 1. The van der Waals surface area contributed by atoms with Gasteiger partial charge in [-0.05, 0) is 36.8 Å². The van der Waals surface area contributed by atoms with Gasteiger partial charge in [-0.25, -0.2) is 9.37 Å². The van der Waals surface area contributed by atoms with Gasteiger partial charge >= 0.3 is 0 Å². The van der Waals surface area contributed by atoms with Gasteiger partial charge in [0.15, 0.2) is 0 Å². The number of benzene rings is 2. The van der Waals surface area contributed by atoms with Crippen molar-refractivity contribution in [2.24, 2.45) is 0 Å². The number of anilines is 1. The number of hydrogen-bond donors (Lipinski definition) is 1. The maximum absolute atomic E-state index is 13.6. The molecule has 1 aromatic heterocycles. The number of aromatic nitrogens is 2. The summed E-state index contributed by atoms with van der Waals surface area (Å²) in [5.41, 5.74) is 1.36. The number of carbonyl (C=O) groups is 1. The van der Waals surface area contributed by atoms with Crippen molar-refractivity contribution in [1.29, 1.82) is 0 Å². The number of aryl methyl sites for hydroxylation is 2. The second-order valence-corrected chi connectivity index (χ2v) is 6.07. The maximum Gasteiger partial charge on any atom is 0.261 e. The summed E-state index contributed by atoms with van der Waals surface area (Å²) in [6, 6.07) is 9.29. The van der Waals surface area contributed by atoms with Crippen molar-refractivity contribution < 1.29 is 9.18 Å². The number of amides is 1. The van der Waals surface area contributed by atoms with E-state index < -0.39 is 11.7 Å². The molecule has 3 aromatic rings. The number of halogens is 2. The van der Waals surface area contributed by atoms with E-state index in [4.69, 9.17) is 11.6 Å². The fourth-order valence-corrected chi connectivity index (χ4v) is 2.70. The molecule has 0 saturated heterocycles. The van der Waals surface area contributed by atoms with Crippen molar-refractivity contribution in [2.45, 2.75) is 19.9 Å². The van der Waals surface area contributed by atoms with Gasteiger partial charge in [0, 0.05) is 18.0 Å². The van der Waals surface area contributed by atoms with E-state index in [2.05, 4.69) is 10.3 Å². The van der Waals surface area contributed by atoms with Crippen LogP contribution in [0.25, 0.3) is 10.9 Å². The molecular formula is C18H15ClFN3O2. The summed E-state index contributed by atoms with van der Waals surface area (Å²) < 4.78 is 15.0. The third-order valence-electron chi connectivity index (χ3n) is 3.84. The molecule has 1 heterocycles. The van der Waals surface area contributed by atoms with E-state index in [0.29, 0.717) is 15.9 Å². The number of carbonyl (C=O) groups excluding carboxylic acids is 1. The van der Waals surface area contributed by atoms with Crippen LogP contribution in [0.2, 0.25) is 5.02 Å². The van der Waals surface area contributed by atoms with Crippen LogP contribution < -0.4 is 10.9 Å². The Kier molecular flexibility index (Phi) is 4.81. The average Bonchev–Trinajstić information content (AvgIpc) is 2.58. The van der Waals surface area contributed by atoms with Crippen LogP contribution in [-0.4, -0.2) is 15.5 Å². The number of rotatable bonds is 4. The standard InChI is InChI=1S/C18H15ClFN3O2/c1-11-3-2-4-13-17(11)21-10-23(18(13)25)8-7-16(24)22-15-9-12(19)5-6-14(15)20/h2-6,9-10H,7-8H2,1H3,(H,22,24). The van der Waals surface area contributed by atoms with Gasteiger partial charge in [-0.3, -0.25) is 14.2 Å². The zero-order chi connectivity index (χ0) is 18.0.